The van der Waals surface area contributed by atoms with Crippen LogP contribution in [0.1, 0.15) is 50.7 Å². The van der Waals surface area contributed by atoms with Gasteiger partial charge in [0.05, 0.1) is 16.5 Å². The quantitative estimate of drug-likeness (QED) is 0.229. The van der Waals surface area contributed by atoms with Crippen molar-refractivity contribution in [2.45, 2.75) is 49.5 Å². The SMILES string of the molecule is CC(C)c1cc(-c2ccnc(-c3[c-]c(Sc4ccccn4)ccc3)n2)c(O)c(C(C)C)c1.[Pt]. The molecule has 0 atom stereocenters. The van der Waals surface area contributed by atoms with Crippen LogP contribution in [0.4, 0.5) is 0 Å². The van der Waals surface area contributed by atoms with Crippen LogP contribution in [-0.4, -0.2) is 20.1 Å². The second kappa shape index (κ2) is 11.1. The largest absolute Gasteiger partial charge is 0.507 e. The molecular weight excluding hydrogens is 609 g/mol. The summed E-state index contributed by atoms with van der Waals surface area (Å²) in [7, 11) is 0. The molecule has 0 radical (unpaired) electrons. The molecule has 4 aromatic rings. The Bertz CT molecular complexity index is 1230. The van der Waals surface area contributed by atoms with Crippen LogP contribution in [0, 0.1) is 6.07 Å². The van der Waals surface area contributed by atoms with Gasteiger partial charge in [-0.3, -0.25) is 9.97 Å². The van der Waals surface area contributed by atoms with Crippen molar-refractivity contribution in [1.82, 2.24) is 15.0 Å². The summed E-state index contributed by atoms with van der Waals surface area (Å²) < 4.78 is 0. The molecule has 0 bridgehead atoms. The molecule has 33 heavy (non-hydrogen) atoms. The molecule has 2 aromatic heterocycles. The third-order valence-corrected chi connectivity index (χ3v) is 6.15. The predicted molar refractivity (Wildman–Crippen MR) is 130 cm³/mol. The van der Waals surface area contributed by atoms with Gasteiger partial charge in [-0.25, -0.2) is 4.98 Å². The summed E-state index contributed by atoms with van der Waals surface area (Å²) in [4.78, 5) is 14.6. The molecule has 2 heterocycles. The summed E-state index contributed by atoms with van der Waals surface area (Å²) >= 11 is 1.55. The molecule has 6 heteroatoms. The van der Waals surface area contributed by atoms with Gasteiger partial charge in [-0.05, 0) is 47.2 Å². The number of pyridine rings is 1. The maximum absolute atomic E-state index is 11.0. The molecule has 0 aliphatic heterocycles. The molecule has 1 N–H and O–H groups in total. The molecule has 0 saturated heterocycles. The fourth-order valence-electron chi connectivity index (χ4n) is 3.45. The van der Waals surface area contributed by atoms with E-state index in [1.807, 2.05) is 48.5 Å². The second-order valence-electron chi connectivity index (χ2n) is 8.28. The van der Waals surface area contributed by atoms with E-state index >= 15 is 0 Å². The minimum Gasteiger partial charge on any atom is -0.507 e. The first kappa shape index (κ1) is 25.1. The molecule has 0 amide bonds. The fraction of sp³-hybridized carbons (Fsp3) is 0.222. The molecule has 0 spiro atoms. The van der Waals surface area contributed by atoms with Gasteiger partial charge in [0.25, 0.3) is 0 Å². The van der Waals surface area contributed by atoms with Crippen molar-refractivity contribution in [2.75, 3.05) is 0 Å². The number of phenolic OH excluding ortho intramolecular Hbond substituents is 1. The van der Waals surface area contributed by atoms with Crippen molar-refractivity contribution in [3.8, 4) is 28.4 Å². The van der Waals surface area contributed by atoms with Crippen molar-refractivity contribution in [2.24, 2.45) is 0 Å². The minimum absolute atomic E-state index is 0. The van der Waals surface area contributed by atoms with E-state index < -0.39 is 0 Å². The molecule has 0 unspecified atom stereocenters. The Morgan fingerprint density at radius 2 is 1.70 bits per heavy atom. The van der Waals surface area contributed by atoms with E-state index in [-0.39, 0.29) is 32.7 Å². The first-order valence-electron chi connectivity index (χ1n) is 10.7. The molecule has 2 aromatic carbocycles. The van der Waals surface area contributed by atoms with Gasteiger partial charge in [0.15, 0.2) is 0 Å². The number of aromatic hydroxyl groups is 1. The van der Waals surface area contributed by atoms with Crippen molar-refractivity contribution < 1.29 is 26.2 Å². The zero-order valence-corrected chi connectivity index (χ0v) is 22.1. The van der Waals surface area contributed by atoms with Crippen LogP contribution in [0.5, 0.6) is 5.75 Å². The van der Waals surface area contributed by atoms with Crippen LogP contribution in [0.15, 0.2) is 76.9 Å². The van der Waals surface area contributed by atoms with Crippen LogP contribution >= 0.6 is 11.8 Å². The van der Waals surface area contributed by atoms with Gasteiger partial charge < -0.3 is 5.11 Å². The van der Waals surface area contributed by atoms with Crippen molar-refractivity contribution >= 4 is 11.8 Å². The summed E-state index contributed by atoms with van der Waals surface area (Å²) in [5.74, 6) is 1.42. The van der Waals surface area contributed by atoms with E-state index in [0.29, 0.717) is 17.4 Å². The molecule has 4 rings (SSSR count). The third kappa shape index (κ3) is 5.90. The smallest absolute Gasteiger partial charge is 0.128 e. The monoisotopic (exact) mass is 635 g/mol. The van der Waals surface area contributed by atoms with Crippen LogP contribution in [0.3, 0.4) is 0 Å². The number of nitrogens with zero attached hydrogens (tertiary/aromatic N) is 3. The molecule has 0 saturated carbocycles. The predicted octanol–water partition coefficient (Wildman–Crippen LogP) is 7.11. The second-order valence-corrected chi connectivity index (χ2v) is 9.34. The van der Waals surface area contributed by atoms with Gasteiger partial charge in [0.2, 0.25) is 0 Å². The Morgan fingerprint density at radius 1 is 0.879 bits per heavy atom. The standard InChI is InChI=1S/C27H26N3OS.Pt/c1-17(2)20-15-22(18(3)4)26(31)23(16-20)24-11-13-29-27(30-24)19-8-7-9-21(14-19)32-25-10-5-6-12-28-25;/h5-13,15-18,31H,1-4H3;/q-1;. The molecule has 0 fully saturated rings. The average molecular weight is 636 g/mol. The number of benzene rings is 2. The fourth-order valence-corrected chi connectivity index (χ4v) is 4.24. The maximum Gasteiger partial charge on any atom is 0.128 e. The van der Waals surface area contributed by atoms with Crippen molar-refractivity contribution in [1.29, 1.82) is 0 Å². The molecular formula is C27H26N3OPtS-. The van der Waals surface area contributed by atoms with Crippen molar-refractivity contribution in [3.63, 3.8) is 0 Å². The number of hydrogen-bond donors (Lipinski definition) is 1. The van der Waals surface area contributed by atoms with Gasteiger partial charge in [0.1, 0.15) is 5.75 Å². The van der Waals surface area contributed by atoms with Crippen molar-refractivity contribution in [3.05, 3.63) is 84.2 Å². The zero-order valence-electron chi connectivity index (χ0n) is 19.0. The van der Waals surface area contributed by atoms with E-state index in [0.717, 1.165) is 26.6 Å². The third-order valence-electron chi connectivity index (χ3n) is 5.24. The van der Waals surface area contributed by atoms with Crippen LogP contribution in [0.25, 0.3) is 22.6 Å². The maximum atomic E-state index is 11.0. The van der Waals surface area contributed by atoms with E-state index in [9.17, 15) is 5.11 Å². The Kier molecular flexibility index (Phi) is 8.45. The number of phenols is 1. The van der Waals surface area contributed by atoms with Gasteiger partial charge in [-0.1, -0.05) is 56.5 Å². The molecule has 4 nitrogen and oxygen atoms in total. The normalized spacial score (nSPS) is 11.0. The summed E-state index contributed by atoms with van der Waals surface area (Å²) in [5.41, 5.74) is 4.36. The Balaban J connectivity index is 0.00000306. The minimum atomic E-state index is 0. The topological polar surface area (TPSA) is 58.9 Å². The number of rotatable bonds is 6. The van der Waals surface area contributed by atoms with E-state index in [4.69, 9.17) is 4.98 Å². The molecule has 0 aliphatic carbocycles. The Hall–Kier alpha value is -2.49. The number of hydrogen-bond acceptors (Lipinski definition) is 5. The van der Waals surface area contributed by atoms with Gasteiger partial charge in [-0.2, -0.15) is 0 Å². The van der Waals surface area contributed by atoms with Gasteiger partial charge in [0, 0.05) is 39.0 Å². The van der Waals surface area contributed by atoms with E-state index in [1.54, 1.807) is 24.2 Å². The zero-order chi connectivity index (χ0) is 22.7. The van der Waals surface area contributed by atoms with Crippen LogP contribution < -0.4 is 0 Å². The first-order chi connectivity index (χ1) is 15.4. The number of aromatic nitrogens is 3. The Labute approximate surface area is 214 Å². The van der Waals surface area contributed by atoms with Crippen LogP contribution in [0.2, 0.25) is 0 Å². The van der Waals surface area contributed by atoms with Gasteiger partial charge >= 0.3 is 0 Å². The summed E-state index contributed by atoms with van der Waals surface area (Å²) in [6, 6.07) is 21.1. The van der Waals surface area contributed by atoms with E-state index in [1.165, 1.54) is 5.56 Å². The summed E-state index contributed by atoms with van der Waals surface area (Å²) in [5, 5.41) is 11.9. The van der Waals surface area contributed by atoms with Crippen LogP contribution in [-0.2, 0) is 21.1 Å². The average Bonchev–Trinajstić information content (AvgIpc) is 2.80. The Morgan fingerprint density at radius 3 is 2.39 bits per heavy atom. The van der Waals surface area contributed by atoms with E-state index in [2.05, 4.69) is 49.8 Å². The summed E-state index contributed by atoms with van der Waals surface area (Å²) in [6.45, 7) is 8.50. The summed E-state index contributed by atoms with van der Waals surface area (Å²) in [6.07, 6.45) is 3.52. The molecule has 0 aliphatic rings. The molecule has 172 valence electrons. The van der Waals surface area contributed by atoms with Gasteiger partial charge in [-0.15, -0.1) is 29.8 Å². The first-order valence-corrected chi connectivity index (χ1v) is 11.6.